The zero-order chi connectivity index (χ0) is 11.1. The summed E-state index contributed by atoms with van der Waals surface area (Å²) < 4.78 is 0. The molecular formula is C12H20N2. The Kier molecular flexibility index (Phi) is 5.46. The van der Waals surface area contributed by atoms with Crippen molar-refractivity contribution < 1.29 is 0 Å². The molecule has 0 aliphatic rings. The van der Waals surface area contributed by atoms with Gasteiger partial charge in [0.05, 0.1) is 11.4 Å². The van der Waals surface area contributed by atoms with Gasteiger partial charge in [0.15, 0.2) is 0 Å². The summed E-state index contributed by atoms with van der Waals surface area (Å²) in [6.07, 6.45) is 4.00. The van der Waals surface area contributed by atoms with Crippen LogP contribution in [0.4, 0.5) is 0 Å². The molecule has 0 bridgehead atoms. The Morgan fingerprint density at radius 1 is 0.857 bits per heavy atom. The molecule has 0 unspecified atom stereocenters. The first-order chi connectivity index (χ1) is 6.51. The van der Waals surface area contributed by atoms with E-state index in [2.05, 4.69) is 23.8 Å². The van der Waals surface area contributed by atoms with Crippen LogP contribution in [0.5, 0.6) is 0 Å². The minimum absolute atomic E-state index is 0.918. The topological polar surface area (TPSA) is 24.1 Å². The van der Waals surface area contributed by atoms with E-state index in [0.717, 1.165) is 22.8 Å². The van der Waals surface area contributed by atoms with Gasteiger partial charge in [-0.2, -0.15) is 0 Å². The number of rotatable bonds is 5. The molecule has 0 saturated carbocycles. The normalized spacial score (nSPS) is 12.3. The van der Waals surface area contributed by atoms with Gasteiger partial charge in [0.1, 0.15) is 0 Å². The molecule has 0 fully saturated rings. The summed E-state index contributed by atoms with van der Waals surface area (Å²) in [5, 5.41) is 6.36. The van der Waals surface area contributed by atoms with E-state index in [9.17, 15) is 0 Å². The number of hydrogen-bond acceptors (Lipinski definition) is 2. The van der Waals surface area contributed by atoms with Crippen LogP contribution in [0.15, 0.2) is 48.1 Å². The smallest absolute Gasteiger partial charge is 0.0574 e. The lowest BCUT2D eigenvalue weighted by Gasteiger charge is -2.15. The van der Waals surface area contributed by atoms with Crippen molar-refractivity contribution in [3.05, 3.63) is 48.1 Å². The molecule has 0 saturated heterocycles. The molecular weight excluding hydrogens is 172 g/mol. The second-order valence-electron chi connectivity index (χ2n) is 3.22. The Labute approximate surface area is 87.1 Å². The Morgan fingerprint density at radius 2 is 1.14 bits per heavy atom. The van der Waals surface area contributed by atoms with Crippen molar-refractivity contribution in [3.63, 3.8) is 0 Å². The second kappa shape index (κ2) is 6.08. The third kappa shape index (κ3) is 4.55. The lowest BCUT2D eigenvalue weighted by Crippen LogP contribution is -2.20. The summed E-state index contributed by atoms with van der Waals surface area (Å²) >= 11 is 0. The van der Waals surface area contributed by atoms with Gasteiger partial charge in [0, 0.05) is 11.4 Å². The predicted molar refractivity (Wildman–Crippen MR) is 63.4 cm³/mol. The Morgan fingerprint density at radius 3 is 1.29 bits per heavy atom. The highest BCUT2D eigenvalue weighted by Crippen LogP contribution is 2.06. The van der Waals surface area contributed by atoms with Crippen LogP contribution in [-0.2, 0) is 0 Å². The van der Waals surface area contributed by atoms with Crippen molar-refractivity contribution in [1.82, 2.24) is 10.6 Å². The largest absolute Gasteiger partial charge is 0.358 e. The fourth-order valence-corrected chi connectivity index (χ4v) is 1.05. The number of allylic oxidation sites excluding steroid dienone is 4. The van der Waals surface area contributed by atoms with Crippen molar-refractivity contribution in [2.75, 3.05) is 0 Å². The maximum atomic E-state index is 3.81. The van der Waals surface area contributed by atoms with Crippen LogP contribution in [0.25, 0.3) is 0 Å². The average Bonchev–Trinajstić information content (AvgIpc) is 2.10. The van der Waals surface area contributed by atoms with Gasteiger partial charge >= 0.3 is 0 Å². The molecule has 0 aliphatic carbocycles. The van der Waals surface area contributed by atoms with Gasteiger partial charge in [0.2, 0.25) is 0 Å². The minimum Gasteiger partial charge on any atom is -0.358 e. The van der Waals surface area contributed by atoms with Crippen LogP contribution < -0.4 is 10.6 Å². The Bertz CT molecular complexity index is 253. The molecule has 0 atom stereocenters. The summed E-state index contributed by atoms with van der Waals surface area (Å²) in [6, 6.07) is 0. The molecule has 0 aromatic heterocycles. The van der Waals surface area contributed by atoms with Gasteiger partial charge in [-0.25, -0.2) is 0 Å². The molecule has 0 radical (unpaired) electrons. The molecule has 0 heterocycles. The van der Waals surface area contributed by atoms with E-state index in [-0.39, 0.29) is 0 Å². The van der Waals surface area contributed by atoms with Crippen molar-refractivity contribution in [2.45, 2.75) is 27.7 Å². The third-order valence-electron chi connectivity index (χ3n) is 1.56. The minimum atomic E-state index is 0.918. The van der Waals surface area contributed by atoms with E-state index in [1.165, 1.54) is 0 Å². The molecule has 0 aromatic carbocycles. The Hall–Kier alpha value is -1.44. The fraction of sp³-hybridized carbons (Fsp3) is 0.333. The van der Waals surface area contributed by atoms with Gasteiger partial charge in [0.25, 0.3) is 0 Å². The summed E-state index contributed by atoms with van der Waals surface area (Å²) in [7, 11) is 0. The van der Waals surface area contributed by atoms with Gasteiger partial charge in [-0.1, -0.05) is 25.3 Å². The van der Waals surface area contributed by atoms with E-state index in [1.54, 1.807) is 0 Å². The summed E-state index contributed by atoms with van der Waals surface area (Å²) in [5.74, 6) is 0. The lowest BCUT2D eigenvalue weighted by molar-refractivity contribution is 0.892. The van der Waals surface area contributed by atoms with Crippen LogP contribution in [-0.4, -0.2) is 0 Å². The SMILES string of the molecule is C=C(C)NC(=C\C)/C(=C/C)NC(=C)C. The molecule has 2 nitrogen and oxygen atoms in total. The molecule has 0 spiro atoms. The average molecular weight is 192 g/mol. The molecule has 0 rings (SSSR count). The van der Waals surface area contributed by atoms with Crippen molar-refractivity contribution in [1.29, 1.82) is 0 Å². The molecule has 0 aromatic rings. The van der Waals surface area contributed by atoms with Gasteiger partial charge < -0.3 is 10.6 Å². The highest BCUT2D eigenvalue weighted by atomic mass is 15.0. The molecule has 2 N–H and O–H groups in total. The summed E-state index contributed by atoms with van der Waals surface area (Å²) in [5.41, 5.74) is 3.87. The van der Waals surface area contributed by atoms with E-state index in [4.69, 9.17) is 0 Å². The van der Waals surface area contributed by atoms with Crippen molar-refractivity contribution in [2.24, 2.45) is 0 Å². The van der Waals surface area contributed by atoms with Gasteiger partial charge in [-0.3, -0.25) is 0 Å². The maximum Gasteiger partial charge on any atom is 0.0574 e. The number of hydrogen-bond donors (Lipinski definition) is 2. The second-order valence-corrected chi connectivity index (χ2v) is 3.22. The lowest BCUT2D eigenvalue weighted by atomic mass is 10.2. The third-order valence-corrected chi connectivity index (χ3v) is 1.56. The zero-order valence-electron chi connectivity index (χ0n) is 9.57. The van der Waals surface area contributed by atoms with Crippen LogP contribution >= 0.6 is 0 Å². The standard InChI is InChI=1S/C12H20N2/c1-7-11(13-9(3)4)12(8-2)14-10(5)6/h7-8,13-14H,3,5H2,1-2,4,6H3/b11-7-,12-8-. The molecule has 0 aliphatic heterocycles. The molecule has 14 heavy (non-hydrogen) atoms. The van der Waals surface area contributed by atoms with Crippen LogP contribution in [0, 0.1) is 0 Å². The van der Waals surface area contributed by atoms with Gasteiger partial charge in [-0.15, -0.1) is 0 Å². The zero-order valence-corrected chi connectivity index (χ0v) is 9.57. The van der Waals surface area contributed by atoms with E-state index < -0.39 is 0 Å². The van der Waals surface area contributed by atoms with Crippen LogP contribution in [0.2, 0.25) is 0 Å². The van der Waals surface area contributed by atoms with E-state index in [0.29, 0.717) is 0 Å². The highest BCUT2D eigenvalue weighted by Gasteiger charge is 2.01. The van der Waals surface area contributed by atoms with Crippen LogP contribution in [0.3, 0.4) is 0 Å². The quantitative estimate of drug-likeness (QED) is 0.654. The van der Waals surface area contributed by atoms with Crippen LogP contribution in [0.1, 0.15) is 27.7 Å². The van der Waals surface area contributed by atoms with Gasteiger partial charge in [-0.05, 0) is 27.7 Å². The summed E-state index contributed by atoms with van der Waals surface area (Å²) in [6.45, 7) is 15.4. The molecule has 78 valence electrons. The first-order valence-corrected chi connectivity index (χ1v) is 4.69. The fourth-order valence-electron chi connectivity index (χ4n) is 1.05. The first-order valence-electron chi connectivity index (χ1n) is 4.69. The summed E-state index contributed by atoms with van der Waals surface area (Å²) in [4.78, 5) is 0. The van der Waals surface area contributed by atoms with E-state index in [1.807, 2.05) is 39.8 Å². The van der Waals surface area contributed by atoms with Crippen molar-refractivity contribution in [3.8, 4) is 0 Å². The van der Waals surface area contributed by atoms with Crippen molar-refractivity contribution >= 4 is 0 Å². The first kappa shape index (κ1) is 12.6. The number of nitrogens with one attached hydrogen (secondary N) is 2. The highest BCUT2D eigenvalue weighted by molar-refractivity contribution is 5.31. The molecule has 0 amide bonds. The van der Waals surface area contributed by atoms with E-state index >= 15 is 0 Å². The monoisotopic (exact) mass is 192 g/mol. The maximum absolute atomic E-state index is 3.81. The predicted octanol–water partition coefficient (Wildman–Crippen LogP) is 3.04. The Balaban J connectivity index is 4.65. The molecule has 2 heteroatoms.